The smallest absolute Gasteiger partial charge is 0.344 e. The van der Waals surface area contributed by atoms with Crippen molar-refractivity contribution < 1.29 is 9.15 Å². The lowest BCUT2D eigenvalue weighted by atomic mass is 9.84. The van der Waals surface area contributed by atoms with Crippen LogP contribution in [0.1, 0.15) is 17.0 Å². The van der Waals surface area contributed by atoms with Gasteiger partial charge < -0.3 is 14.9 Å². The van der Waals surface area contributed by atoms with E-state index in [4.69, 9.17) is 38.1 Å². The van der Waals surface area contributed by atoms with Gasteiger partial charge in [0.05, 0.1) is 16.9 Å². The number of hydrogen-bond acceptors (Lipinski definition) is 5. The summed E-state index contributed by atoms with van der Waals surface area (Å²) in [4.78, 5) is 12.7. The Morgan fingerprint density at radius 3 is 2.65 bits per heavy atom. The van der Waals surface area contributed by atoms with Crippen LogP contribution in [0.25, 0.3) is 11.0 Å². The van der Waals surface area contributed by atoms with E-state index in [0.717, 1.165) is 0 Å². The number of nitrogens with zero attached hydrogens (tertiary/aromatic N) is 1. The molecule has 2 heterocycles. The van der Waals surface area contributed by atoms with E-state index in [1.807, 2.05) is 6.07 Å². The van der Waals surface area contributed by atoms with E-state index in [-0.39, 0.29) is 22.8 Å². The number of rotatable bonds is 1. The summed E-state index contributed by atoms with van der Waals surface area (Å²) in [7, 11) is 0. The highest BCUT2D eigenvalue weighted by Gasteiger charge is 2.36. The van der Waals surface area contributed by atoms with Gasteiger partial charge in [0.15, 0.2) is 5.75 Å². The molecule has 0 aliphatic carbocycles. The average Bonchev–Trinajstić information content (AvgIpc) is 2.61. The van der Waals surface area contributed by atoms with Crippen LogP contribution >= 0.6 is 23.2 Å². The maximum absolute atomic E-state index is 12.7. The Morgan fingerprint density at radius 2 is 1.92 bits per heavy atom. The van der Waals surface area contributed by atoms with Crippen LogP contribution in [0.5, 0.6) is 5.75 Å². The lowest BCUT2D eigenvalue weighted by Gasteiger charge is -2.26. The normalized spacial score (nSPS) is 16.1. The van der Waals surface area contributed by atoms with Crippen molar-refractivity contribution in [3.05, 3.63) is 85.5 Å². The van der Waals surface area contributed by atoms with Crippen LogP contribution < -0.4 is 16.1 Å². The number of allylic oxidation sites excluding steroid dienone is 1. The Labute approximate surface area is 157 Å². The minimum Gasteiger partial charge on any atom is -0.439 e. The first kappa shape index (κ1) is 16.5. The van der Waals surface area contributed by atoms with Gasteiger partial charge in [-0.25, -0.2) is 4.79 Å². The molecule has 5 nitrogen and oxygen atoms in total. The molecule has 0 amide bonds. The van der Waals surface area contributed by atoms with Gasteiger partial charge in [-0.15, -0.1) is 0 Å². The van der Waals surface area contributed by atoms with E-state index in [1.165, 1.54) is 0 Å². The number of benzene rings is 2. The van der Waals surface area contributed by atoms with E-state index >= 15 is 0 Å². The highest BCUT2D eigenvalue weighted by Crippen LogP contribution is 2.45. The quantitative estimate of drug-likeness (QED) is 0.631. The lowest BCUT2D eigenvalue weighted by Crippen LogP contribution is -2.26. The van der Waals surface area contributed by atoms with E-state index < -0.39 is 11.5 Å². The first-order valence-corrected chi connectivity index (χ1v) is 8.35. The van der Waals surface area contributed by atoms with E-state index in [2.05, 4.69) is 0 Å². The number of halogens is 2. The van der Waals surface area contributed by atoms with Gasteiger partial charge in [0, 0.05) is 10.0 Å². The fourth-order valence-corrected chi connectivity index (χ4v) is 3.63. The number of nitrogens with two attached hydrogens (primary N) is 1. The predicted octanol–water partition coefficient (Wildman–Crippen LogP) is 4.32. The van der Waals surface area contributed by atoms with Gasteiger partial charge in [0.2, 0.25) is 5.88 Å². The molecule has 7 heteroatoms. The second-order valence-electron chi connectivity index (χ2n) is 5.72. The Balaban J connectivity index is 2.10. The van der Waals surface area contributed by atoms with Gasteiger partial charge in [-0.1, -0.05) is 41.4 Å². The maximum Gasteiger partial charge on any atom is 0.344 e. The van der Waals surface area contributed by atoms with Gasteiger partial charge in [0.25, 0.3) is 0 Å². The summed E-state index contributed by atoms with van der Waals surface area (Å²) in [6.45, 7) is 0. The van der Waals surface area contributed by atoms with Crippen LogP contribution in [-0.4, -0.2) is 0 Å². The average molecular weight is 385 g/mol. The minimum atomic E-state index is -0.811. The SMILES string of the molecule is N#CC1=C(N)Oc2c(c(=O)oc3ccccc23)C1c1ccc(Cl)cc1Cl. The molecule has 1 aromatic heterocycles. The molecule has 2 N–H and O–H groups in total. The maximum atomic E-state index is 12.7. The summed E-state index contributed by atoms with van der Waals surface area (Å²) < 4.78 is 11.1. The Bertz CT molecular complexity index is 1190. The van der Waals surface area contributed by atoms with Gasteiger partial charge in [-0.2, -0.15) is 5.26 Å². The number of para-hydroxylation sites is 1. The van der Waals surface area contributed by atoms with E-state index in [1.54, 1.807) is 42.5 Å². The minimum absolute atomic E-state index is 0.0771. The van der Waals surface area contributed by atoms with Crippen LogP contribution in [-0.2, 0) is 0 Å². The molecule has 1 aliphatic heterocycles. The third-order valence-electron chi connectivity index (χ3n) is 4.25. The molecule has 1 unspecified atom stereocenters. The van der Waals surface area contributed by atoms with Crippen molar-refractivity contribution in [1.82, 2.24) is 0 Å². The molecular weight excluding hydrogens is 375 g/mol. The molecule has 26 heavy (non-hydrogen) atoms. The van der Waals surface area contributed by atoms with Gasteiger partial charge in [0.1, 0.15) is 17.2 Å². The molecule has 1 aliphatic rings. The predicted molar refractivity (Wildman–Crippen MR) is 98.2 cm³/mol. The Morgan fingerprint density at radius 1 is 1.15 bits per heavy atom. The van der Waals surface area contributed by atoms with Crippen molar-refractivity contribution in [2.75, 3.05) is 0 Å². The van der Waals surface area contributed by atoms with Crippen molar-refractivity contribution in [3.8, 4) is 11.8 Å². The lowest BCUT2D eigenvalue weighted by molar-refractivity contribution is 0.388. The summed E-state index contributed by atoms with van der Waals surface area (Å²) in [5, 5.41) is 10.9. The van der Waals surface area contributed by atoms with Gasteiger partial charge in [-0.05, 0) is 29.8 Å². The molecule has 0 saturated heterocycles. The highest BCUT2D eigenvalue weighted by atomic mass is 35.5. The standard InChI is InChI=1S/C19H10Cl2N2O3/c20-9-5-6-10(13(21)7-9)15-12(8-22)18(23)26-17-11-3-1-2-4-14(11)25-19(24)16(15)17/h1-7,15H,23H2. The number of hydrogen-bond donors (Lipinski definition) is 1. The molecule has 128 valence electrons. The van der Waals surface area contributed by atoms with Gasteiger partial charge >= 0.3 is 5.63 Å². The number of nitriles is 1. The zero-order valence-corrected chi connectivity index (χ0v) is 14.6. The third-order valence-corrected chi connectivity index (χ3v) is 4.81. The fourth-order valence-electron chi connectivity index (χ4n) is 3.11. The Kier molecular flexibility index (Phi) is 3.87. The third kappa shape index (κ3) is 2.43. The molecule has 2 aromatic carbocycles. The summed E-state index contributed by atoms with van der Waals surface area (Å²) in [6.07, 6.45) is 0. The summed E-state index contributed by atoms with van der Waals surface area (Å²) in [5.41, 5.74) is 6.52. The van der Waals surface area contributed by atoms with Crippen LogP contribution in [0.2, 0.25) is 10.0 Å². The summed E-state index contributed by atoms with van der Waals surface area (Å²) in [6, 6.07) is 13.8. The second kappa shape index (κ2) is 6.10. The molecule has 3 aromatic rings. The molecule has 0 bridgehead atoms. The van der Waals surface area contributed by atoms with Crippen LogP contribution in [0, 0.1) is 11.3 Å². The topological polar surface area (TPSA) is 89.3 Å². The van der Waals surface area contributed by atoms with Crippen molar-refractivity contribution in [2.24, 2.45) is 5.73 Å². The van der Waals surface area contributed by atoms with E-state index in [9.17, 15) is 10.1 Å². The molecule has 0 fully saturated rings. The molecule has 1 atom stereocenters. The number of fused-ring (bicyclic) bond motifs is 3. The zero-order valence-electron chi connectivity index (χ0n) is 13.1. The van der Waals surface area contributed by atoms with E-state index in [0.29, 0.717) is 26.6 Å². The van der Waals surface area contributed by atoms with Crippen molar-refractivity contribution >= 4 is 34.2 Å². The monoisotopic (exact) mass is 384 g/mol. The highest BCUT2D eigenvalue weighted by molar-refractivity contribution is 6.35. The Hall–Kier alpha value is -2.94. The summed E-state index contributed by atoms with van der Waals surface area (Å²) in [5.74, 6) is -0.620. The fraction of sp³-hybridized carbons (Fsp3) is 0.0526. The van der Waals surface area contributed by atoms with Crippen LogP contribution in [0.15, 0.2) is 63.1 Å². The zero-order chi connectivity index (χ0) is 18.4. The largest absolute Gasteiger partial charge is 0.439 e. The van der Waals surface area contributed by atoms with Gasteiger partial charge in [-0.3, -0.25) is 0 Å². The van der Waals surface area contributed by atoms with Crippen LogP contribution in [0.3, 0.4) is 0 Å². The molecule has 4 rings (SSSR count). The first-order valence-electron chi connectivity index (χ1n) is 7.59. The van der Waals surface area contributed by atoms with Crippen molar-refractivity contribution in [3.63, 3.8) is 0 Å². The van der Waals surface area contributed by atoms with Crippen molar-refractivity contribution in [1.29, 1.82) is 5.26 Å². The molecule has 0 saturated carbocycles. The second-order valence-corrected chi connectivity index (χ2v) is 6.56. The van der Waals surface area contributed by atoms with Crippen molar-refractivity contribution in [2.45, 2.75) is 5.92 Å². The molecule has 0 spiro atoms. The molecular formula is C19H10Cl2N2O3. The summed E-state index contributed by atoms with van der Waals surface area (Å²) >= 11 is 12.3. The van der Waals surface area contributed by atoms with Crippen LogP contribution in [0.4, 0.5) is 0 Å². The first-order chi connectivity index (χ1) is 12.5. The number of ether oxygens (including phenoxy) is 1. The molecule has 0 radical (unpaired) electrons.